The van der Waals surface area contributed by atoms with E-state index in [1.165, 1.54) is 0 Å². The Hall–Kier alpha value is -3.46. The first-order chi connectivity index (χ1) is 16.5. The molecule has 3 heterocycles. The summed E-state index contributed by atoms with van der Waals surface area (Å²) in [5, 5.41) is 10.8. The molecular weight excluding hydrogens is 428 g/mol. The third-order valence-electron chi connectivity index (χ3n) is 6.24. The van der Waals surface area contributed by atoms with Crippen LogP contribution >= 0.6 is 0 Å². The highest BCUT2D eigenvalue weighted by atomic mass is 16.1. The van der Waals surface area contributed by atoms with Crippen molar-refractivity contribution in [2.45, 2.75) is 38.3 Å². The van der Waals surface area contributed by atoms with Gasteiger partial charge in [-0.15, -0.1) is 0 Å². The minimum absolute atomic E-state index is 0.0160. The number of benzene rings is 1. The van der Waals surface area contributed by atoms with Crippen LogP contribution < -0.4 is 21.0 Å². The lowest BCUT2D eigenvalue weighted by Gasteiger charge is -2.33. The van der Waals surface area contributed by atoms with Gasteiger partial charge < -0.3 is 25.9 Å². The predicted octanol–water partition coefficient (Wildman–Crippen LogP) is 2.40. The van der Waals surface area contributed by atoms with Crippen molar-refractivity contribution in [1.82, 2.24) is 25.6 Å². The second-order valence-electron chi connectivity index (χ2n) is 9.38. The van der Waals surface area contributed by atoms with Crippen LogP contribution in [0.1, 0.15) is 47.9 Å². The van der Waals surface area contributed by atoms with E-state index in [1.807, 2.05) is 42.5 Å². The van der Waals surface area contributed by atoms with E-state index in [0.717, 1.165) is 68.5 Å². The third kappa shape index (κ3) is 5.72. The van der Waals surface area contributed by atoms with Gasteiger partial charge in [0.25, 0.3) is 5.91 Å². The van der Waals surface area contributed by atoms with Crippen molar-refractivity contribution in [3.8, 4) is 0 Å². The summed E-state index contributed by atoms with van der Waals surface area (Å²) in [6.45, 7) is 5.95. The molecule has 1 aromatic heterocycles. The van der Waals surface area contributed by atoms with E-state index in [-0.39, 0.29) is 5.91 Å². The molecular formula is C25H32N8O. The number of nitrogens with zero attached hydrogens (tertiary/aromatic N) is 5. The lowest BCUT2D eigenvalue weighted by molar-refractivity contribution is 0.0951. The number of nitrogens with one attached hydrogen (secondary N) is 3. The van der Waals surface area contributed by atoms with Crippen molar-refractivity contribution in [2.75, 3.05) is 43.4 Å². The van der Waals surface area contributed by atoms with Crippen molar-refractivity contribution in [3.63, 3.8) is 0 Å². The Morgan fingerprint density at radius 2 is 1.94 bits per heavy atom. The molecule has 1 atom stereocenters. The normalized spacial score (nSPS) is 20.8. The molecule has 3 aliphatic rings. The molecule has 1 saturated heterocycles. The average molecular weight is 461 g/mol. The monoisotopic (exact) mass is 460 g/mol. The van der Waals surface area contributed by atoms with Crippen molar-refractivity contribution in [2.24, 2.45) is 5.10 Å². The molecule has 1 saturated carbocycles. The Balaban J connectivity index is 1.37. The number of anilines is 2. The van der Waals surface area contributed by atoms with Gasteiger partial charge in [0.05, 0.1) is 0 Å². The van der Waals surface area contributed by atoms with E-state index >= 15 is 0 Å². The molecule has 1 unspecified atom stereocenters. The van der Waals surface area contributed by atoms with Crippen LogP contribution in [-0.2, 0) is 0 Å². The number of hydrazone groups is 1. The van der Waals surface area contributed by atoms with E-state index in [1.54, 1.807) is 0 Å². The number of piperazine rings is 1. The molecule has 0 spiro atoms. The zero-order valence-corrected chi connectivity index (χ0v) is 19.8. The van der Waals surface area contributed by atoms with E-state index in [0.29, 0.717) is 23.5 Å². The smallest absolute Gasteiger partial charge is 0.251 e. The van der Waals surface area contributed by atoms with Gasteiger partial charge in [-0.1, -0.05) is 18.2 Å². The van der Waals surface area contributed by atoms with Gasteiger partial charge in [0.15, 0.2) is 5.82 Å². The summed E-state index contributed by atoms with van der Waals surface area (Å²) < 4.78 is 0. The number of rotatable bonds is 6. The number of amides is 1. The molecule has 1 aliphatic carbocycles. The van der Waals surface area contributed by atoms with E-state index < -0.39 is 0 Å². The number of carbonyl (C=O) groups excluding carboxylic acids is 1. The van der Waals surface area contributed by atoms with Gasteiger partial charge in [0.2, 0.25) is 0 Å². The summed E-state index contributed by atoms with van der Waals surface area (Å²) in [6.07, 6.45) is 6.83. The van der Waals surface area contributed by atoms with Crippen molar-refractivity contribution in [3.05, 3.63) is 47.3 Å². The number of hydrogen-bond acceptors (Lipinski definition) is 8. The zero-order valence-electron chi connectivity index (χ0n) is 19.8. The molecule has 1 aromatic carbocycles. The molecule has 9 heteroatoms. The Labute approximate surface area is 200 Å². The Bertz CT molecular complexity index is 1100. The predicted molar refractivity (Wildman–Crippen MR) is 136 cm³/mol. The minimum atomic E-state index is -0.0160. The van der Waals surface area contributed by atoms with Crippen molar-refractivity contribution >= 4 is 35.5 Å². The van der Waals surface area contributed by atoms with E-state index in [9.17, 15) is 4.79 Å². The maximum Gasteiger partial charge on any atom is 0.251 e. The van der Waals surface area contributed by atoms with Crippen LogP contribution in [0.2, 0.25) is 0 Å². The van der Waals surface area contributed by atoms with Crippen LogP contribution in [0.4, 0.5) is 11.6 Å². The number of amidine groups is 1. The topological polar surface area (TPSA) is 97.8 Å². The lowest BCUT2D eigenvalue weighted by Crippen LogP contribution is -2.44. The number of aromatic nitrogens is 2. The molecule has 34 heavy (non-hydrogen) atoms. The van der Waals surface area contributed by atoms with Crippen molar-refractivity contribution in [1.29, 1.82) is 0 Å². The lowest BCUT2D eigenvalue weighted by atomic mass is 10.1. The van der Waals surface area contributed by atoms with Gasteiger partial charge in [-0.3, -0.25) is 4.79 Å². The number of likely N-dealkylation sites (N-methyl/N-ethyl adjacent to an activating group) is 1. The zero-order chi connectivity index (χ0) is 23.5. The van der Waals surface area contributed by atoms with Gasteiger partial charge in [0, 0.05) is 56.3 Å². The summed E-state index contributed by atoms with van der Waals surface area (Å²) in [5.74, 6) is 3.11. The number of carbonyl (C=O) groups is 1. The first-order valence-electron chi connectivity index (χ1n) is 12.0. The molecule has 3 N–H and O–H groups in total. The van der Waals surface area contributed by atoms with Crippen LogP contribution in [0, 0.1) is 0 Å². The average Bonchev–Trinajstić information content (AvgIpc) is 3.56. The van der Waals surface area contributed by atoms with Gasteiger partial charge in [0.1, 0.15) is 17.5 Å². The third-order valence-corrected chi connectivity index (χ3v) is 6.24. The van der Waals surface area contributed by atoms with E-state index in [4.69, 9.17) is 9.97 Å². The largest absolute Gasteiger partial charge is 0.354 e. The summed E-state index contributed by atoms with van der Waals surface area (Å²) in [4.78, 5) is 26.6. The Morgan fingerprint density at radius 1 is 1.12 bits per heavy atom. The molecule has 2 aromatic rings. The maximum atomic E-state index is 12.4. The summed E-state index contributed by atoms with van der Waals surface area (Å²) in [7, 11) is 2.14. The Morgan fingerprint density at radius 3 is 2.68 bits per heavy atom. The fraction of sp³-hybridized carbons (Fsp3) is 0.440. The van der Waals surface area contributed by atoms with Crippen LogP contribution in [0.25, 0.3) is 12.2 Å². The second kappa shape index (κ2) is 9.80. The van der Waals surface area contributed by atoms with Gasteiger partial charge in [-0.05, 0) is 50.6 Å². The summed E-state index contributed by atoms with van der Waals surface area (Å²) in [6, 6.07) is 10.3. The first-order valence-corrected chi connectivity index (χ1v) is 12.0. The summed E-state index contributed by atoms with van der Waals surface area (Å²) >= 11 is 0. The molecule has 2 fully saturated rings. The van der Waals surface area contributed by atoms with Crippen LogP contribution in [0.15, 0.2) is 35.4 Å². The first kappa shape index (κ1) is 22.3. The quantitative estimate of drug-likeness (QED) is 0.609. The molecule has 9 nitrogen and oxygen atoms in total. The SMILES string of the molecule is CC1CC(Nc2cc(N3CCN(C)CC3)nc(/C=C/c3cccc(C(=O)NC4CC4)c3)n2)=NN1. The summed E-state index contributed by atoms with van der Waals surface area (Å²) in [5.41, 5.74) is 4.69. The molecule has 2 aliphatic heterocycles. The number of hydrogen-bond donors (Lipinski definition) is 3. The van der Waals surface area contributed by atoms with E-state index in [2.05, 4.69) is 44.9 Å². The van der Waals surface area contributed by atoms with Crippen LogP contribution in [0.3, 0.4) is 0 Å². The highest BCUT2D eigenvalue weighted by Crippen LogP contribution is 2.21. The molecule has 0 radical (unpaired) electrons. The maximum absolute atomic E-state index is 12.4. The van der Waals surface area contributed by atoms with Crippen LogP contribution in [-0.4, -0.2) is 71.9 Å². The van der Waals surface area contributed by atoms with Gasteiger partial charge in [-0.25, -0.2) is 9.97 Å². The fourth-order valence-corrected chi connectivity index (χ4v) is 4.04. The van der Waals surface area contributed by atoms with Crippen LogP contribution in [0.5, 0.6) is 0 Å². The van der Waals surface area contributed by atoms with Crippen molar-refractivity contribution < 1.29 is 4.79 Å². The minimum Gasteiger partial charge on any atom is -0.354 e. The highest BCUT2D eigenvalue weighted by Gasteiger charge is 2.23. The van der Waals surface area contributed by atoms with Gasteiger partial charge in [-0.2, -0.15) is 5.10 Å². The standard InChI is InChI=1S/C25H32N8O/c1-17-14-23(31-30-17)28-22-16-24(33-12-10-32(2)11-13-33)29-21(27-22)9-6-18-4-3-5-19(15-18)25(34)26-20-7-8-20/h3-6,9,15-17,20,30H,7-8,10-14H2,1-2H3,(H,26,34)(H,27,28,29,31)/b9-6+. The molecule has 178 valence electrons. The second-order valence-corrected chi connectivity index (χ2v) is 9.38. The van der Waals surface area contributed by atoms with Gasteiger partial charge >= 0.3 is 0 Å². The molecule has 0 bridgehead atoms. The Kier molecular flexibility index (Phi) is 6.44. The molecule has 5 rings (SSSR count). The molecule has 1 amide bonds. The fourth-order valence-electron chi connectivity index (χ4n) is 4.04. The highest BCUT2D eigenvalue weighted by molar-refractivity contribution is 5.96.